The Morgan fingerprint density at radius 3 is 2.86 bits per heavy atom. The zero-order chi connectivity index (χ0) is 18.9. The Kier molecular flexibility index (Phi) is 4.05. The number of nitrogens with one attached hydrogen (secondary N) is 2. The molecule has 138 valence electrons. The first-order valence-corrected chi connectivity index (χ1v) is 9.30. The van der Waals surface area contributed by atoms with Crippen molar-refractivity contribution in [1.82, 2.24) is 24.9 Å². The third-order valence-corrected chi connectivity index (χ3v) is 4.94. The molecule has 0 unspecified atom stereocenters. The molecule has 0 amide bonds. The third kappa shape index (κ3) is 3.00. The van der Waals surface area contributed by atoms with Crippen LogP contribution in [0.5, 0.6) is 0 Å². The molecule has 0 aliphatic heterocycles. The Morgan fingerprint density at radius 1 is 1.04 bits per heavy atom. The molecule has 1 aliphatic carbocycles. The molecule has 0 bridgehead atoms. The van der Waals surface area contributed by atoms with Crippen molar-refractivity contribution < 1.29 is 0 Å². The van der Waals surface area contributed by atoms with Gasteiger partial charge in [-0.25, -0.2) is 15.0 Å². The maximum atomic E-state index is 12.3. The van der Waals surface area contributed by atoms with Gasteiger partial charge >= 0.3 is 0 Å². The molecule has 28 heavy (non-hydrogen) atoms. The first-order valence-electron chi connectivity index (χ1n) is 9.30. The molecule has 0 fully saturated rings. The minimum absolute atomic E-state index is 0.133. The van der Waals surface area contributed by atoms with E-state index in [-0.39, 0.29) is 5.56 Å². The number of anilines is 1. The normalized spacial score (nSPS) is 12.9. The van der Waals surface area contributed by atoms with Gasteiger partial charge in [0.2, 0.25) is 0 Å². The van der Waals surface area contributed by atoms with E-state index in [9.17, 15) is 4.79 Å². The predicted molar refractivity (Wildman–Crippen MR) is 107 cm³/mol. The van der Waals surface area contributed by atoms with Gasteiger partial charge in [0, 0.05) is 29.2 Å². The lowest BCUT2D eigenvalue weighted by molar-refractivity contribution is 0.899. The number of fused-ring (bicyclic) bond motifs is 2. The van der Waals surface area contributed by atoms with Gasteiger partial charge in [0.15, 0.2) is 5.82 Å². The van der Waals surface area contributed by atoms with Crippen molar-refractivity contribution in [2.75, 3.05) is 5.32 Å². The van der Waals surface area contributed by atoms with E-state index in [0.29, 0.717) is 29.1 Å². The molecular weight excluding hydrogens is 352 g/mol. The number of para-hydroxylation sites is 1. The van der Waals surface area contributed by atoms with Crippen molar-refractivity contribution in [2.45, 2.75) is 25.8 Å². The van der Waals surface area contributed by atoms with Gasteiger partial charge in [-0.1, -0.05) is 12.1 Å². The fraction of sp³-hybridized carbons (Fsp3) is 0.190. The summed E-state index contributed by atoms with van der Waals surface area (Å²) in [5.74, 6) is 2.05. The molecule has 0 spiro atoms. The second-order valence-corrected chi connectivity index (χ2v) is 6.80. The van der Waals surface area contributed by atoms with Gasteiger partial charge in [-0.15, -0.1) is 0 Å². The summed E-state index contributed by atoms with van der Waals surface area (Å²) >= 11 is 0. The lowest BCUT2D eigenvalue weighted by atomic mass is 10.2. The number of hydrogen-bond donors (Lipinski definition) is 2. The first kappa shape index (κ1) is 16.6. The Morgan fingerprint density at radius 2 is 1.96 bits per heavy atom. The lowest BCUT2D eigenvalue weighted by Crippen LogP contribution is -2.15. The molecule has 3 aromatic heterocycles. The van der Waals surface area contributed by atoms with Crippen LogP contribution in [-0.2, 0) is 19.4 Å². The number of rotatable bonds is 4. The molecule has 0 radical (unpaired) electrons. The number of pyridine rings is 1. The topological polar surface area (TPSA) is 96.5 Å². The van der Waals surface area contributed by atoms with E-state index in [0.717, 1.165) is 41.9 Å². The predicted octanol–water partition coefficient (Wildman–Crippen LogP) is 2.88. The molecular formula is C21H18N6O. The molecule has 0 saturated carbocycles. The molecule has 1 aliphatic rings. The van der Waals surface area contributed by atoms with Gasteiger partial charge in [0.1, 0.15) is 11.6 Å². The van der Waals surface area contributed by atoms with E-state index in [2.05, 4.69) is 20.3 Å². The van der Waals surface area contributed by atoms with Gasteiger partial charge in [-0.05, 0) is 43.5 Å². The highest BCUT2D eigenvalue weighted by molar-refractivity contribution is 5.77. The highest BCUT2D eigenvalue weighted by atomic mass is 16.1. The fourth-order valence-electron chi connectivity index (χ4n) is 3.59. The van der Waals surface area contributed by atoms with Crippen molar-refractivity contribution in [1.29, 1.82) is 0 Å². The number of aryl methyl sites for hydroxylation is 1. The maximum absolute atomic E-state index is 12.3. The van der Waals surface area contributed by atoms with Gasteiger partial charge in [0.25, 0.3) is 5.56 Å². The summed E-state index contributed by atoms with van der Waals surface area (Å²) in [5, 5.41) is 3.95. The SMILES string of the molecule is O=c1[nH]c(CNc2nc(-c3cccnc3)nc3c2CCC3)nc2ccccc12. The van der Waals surface area contributed by atoms with E-state index in [1.54, 1.807) is 18.5 Å². The zero-order valence-electron chi connectivity index (χ0n) is 15.1. The van der Waals surface area contributed by atoms with Crippen LogP contribution in [0.2, 0.25) is 0 Å². The molecule has 2 N–H and O–H groups in total. The molecule has 0 saturated heterocycles. The molecule has 5 rings (SSSR count). The molecule has 0 atom stereocenters. The zero-order valence-corrected chi connectivity index (χ0v) is 15.1. The Hall–Kier alpha value is -3.61. The standard InChI is InChI=1S/C21H18N6O/c28-21-15-6-1-2-8-17(15)24-18(26-21)12-23-20-14-7-3-9-16(14)25-19(27-20)13-5-4-10-22-11-13/h1-2,4-6,8,10-11H,3,7,9,12H2,(H,23,25,27)(H,24,26,28). The minimum atomic E-state index is -0.133. The van der Waals surface area contributed by atoms with Crippen LogP contribution in [0, 0.1) is 0 Å². The van der Waals surface area contributed by atoms with Crippen LogP contribution in [0.1, 0.15) is 23.5 Å². The van der Waals surface area contributed by atoms with Gasteiger partial charge in [-0.2, -0.15) is 0 Å². The number of H-pyrrole nitrogens is 1. The number of aromatic nitrogens is 5. The van der Waals surface area contributed by atoms with Gasteiger partial charge in [0.05, 0.1) is 17.4 Å². The first-order chi connectivity index (χ1) is 13.8. The van der Waals surface area contributed by atoms with Crippen LogP contribution in [0.15, 0.2) is 53.6 Å². The average Bonchev–Trinajstić information content (AvgIpc) is 3.21. The number of hydrogen-bond acceptors (Lipinski definition) is 6. The van der Waals surface area contributed by atoms with Crippen molar-refractivity contribution in [3.05, 3.63) is 76.2 Å². The van der Waals surface area contributed by atoms with Gasteiger partial charge in [-0.3, -0.25) is 9.78 Å². The number of aromatic amines is 1. The summed E-state index contributed by atoms with van der Waals surface area (Å²) in [4.78, 5) is 33.3. The average molecular weight is 370 g/mol. The number of benzene rings is 1. The van der Waals surface area contributed by atoms with Crippen LogP contribution in [0.4, 0.5) is 5.82 Å². The van der Waals surface area contributed by atoms with Crippen molar-refractivity contribution >= 4 is 16.7 Å². The van der Waals surface area contributed by atoms with E-state index in [1.807, 2.05) is 30.3 Å². The number of nitrogens with zero attached hydrogens (tertiary/aromatic N) is 4. The fourth-order valence-corrected chi connectivity index (χ4v) is 3.59. The van der Waals surface area contributed by atoms with Gasteiger partial charge < -0.3 is 10.3 Å². The smallest absolute Gasteiger partial charge is 0.258 e. The van der Waals surface area contributed by atoms with E-state index < -0.39 is 0 Å². The quantitative estimate of drug-likeness (QED) is 0.573. The molecule has 3 heterocycles. The summed E-state index contributed by atoms with van der Waals surface area (Å²) in [6, 6.07) is 11.2. The van der Waals surface area contributed by atoms with Crippen molar-refractivity contribution in [3.8, 4) is 11.4 Å². The van der Waals surface area contributed by atoms with Crippen LogP contribution >= 0.6 is 0 Å². The second kappa shape index (κ2) is 6.84. The Bertz CT molecular complexity index is 1220. The Labute approximate surface area is 160 Å². The van der Waals surface area contributed by atoms with Crippen LogP contribution in [-0.4, -0.2) is 24.9 Å². The van der Waals surface area contributed by atoms with Crippen molar-refractivity contribution in [2.24, 2.45) is 0 Å². The molecule has 7 nitrogen and oxygen atoms in total. The monoisotopic (exact) mass is 370 g/mol. The minimum Gasteiger partial charge on any atom is -0.362 e. The highest BCUT2D eigenvalue weighted by Crippen LogP contribution is 2.29. The van der Waals surface area contributed by atoms with E-state index in [1.165, 1.54) is 0 Å². The summed E-state index contributed by atoms with van der Waals surface area (Å²) in [7, 11) is 0. The largest absolute Gasteiger partial charge is 0.362 e. The van der Waals surface area contributed by atoms with Crippen LogP contribution in [0.3, 0.4) is 0 Å². The van der Waals surface area contributed by atoms with E-state index >= 15 is 0 Å². The molecule has 4 aromatic rings. The summed E-state index contributed by atoms with van der Waals surface area (Å²) in [6.07, 6.45) is 6.47. The highest BCUT2D eigenvalue weighted by Gasteiger charge is 2.20. The summed E-state index contributed by atoms with van der Waals surface area (Å²) in [6.45, 7) is 0.385. The van der Waals surface area contributed by atoms with Crippen molar-refractivity contribution in [3.63, 3.8) is 0 Å². The van der Waals surface area contributed by atoms with E-state index in [4.69, 9.17) is 9.97 Å². The third-order valence-electron chi connectivity index (χ3n) is 4.94. The molecule has 7 heteroatoms. The summed E-state index contributed by atoms with van der Waals surface area (Å²) in [5.41, 5.74) is 3.67. The second-order valence-electron chi connectivity index (χ2n) is 6.80. The summed E-state index contributed by atoms with van der Waals surface area (Å²) < 4.78 is 0. The van der Waals surface area contributed by atoms with Crippen LogP contribution < -0.4 is 10.9 Å². The Balaban J connectivity index is 1.49. The maximum Gasteiger partial charge on any atom is 0.258 e. The lowest BCUT2D eigenvalue weighted by Gasteiger charge is -2.12. The van der Waals surface area contributed by atoms with Crippen LogP contribution in [0.25, 0.3) is 22.3 Å². The molecule has 1 aromatic carbocycles.